The number of rotatable bonds is 6. The average molecular weight is 245 g/mol. The molecule has 0 spiro atoms. The van der Waals surface area contributed by atoms with Crippen molar-refractivity contribution in [3.63, 3.8) is 0 Å². The van der Waals surface area contributed by atoms with E-state index in [1.54, 1.807) is 18.0 Å². The van der Waals surface area contributed by atoms with Crippen LogP contribution in [0.1, 0.15) is 0 Å². The number of nitrogens with one attached hydrogen (secondary N) is 1. The van der Waals surface area contributed by atoms with Crippen molar-refractivity contribution in [2.75, 3.05) is 37.5 Å². The van der Waals surface area contributed by atoms with Crippen LogP contribution in [-0.4, -0.2) is 47.9 Å². The summed E-state index contributed by atoms with van der Waals surface area (Å²) in [5.41, 5.74) is 0. The lowest BCUT2D eigenvalue weighted by molar-refractivity contribution is -0.113. The number of hydrogen-bond acceptors (Lipinski definition) is 5. The number of aromatic nitrogens is 1. The van der Waals surface area contributed by atoms with Crippen LogP contribution in [-0.2, 0) is 4.79 Å². The van der Waals surface area contributed by atoms with Crippen molar-refractivity contribution in [1.82, 2.24) is 9.88 Å². The van der Waals surface area contributed by atoms with Gasteiger partial charge < -0.3 is 10.2 Å². The first kappa shape index (κ1) is 12.5. The van der Waals surface area contributed by atoms with Crippen molar-refractivity contribution in [3.05, 3.63) is 11.6 Å². The highest BCUT2D eigenvalue weighted by molar-refractivity contribution is 7.99. The highest BCUT2D eigenvalue weighted by Crippen LogP contribution is 2.10. The summed E-state index contributed by atoms with van der Waals surface area (Å²) in [5, 5.41) is 5.26. The number of amides is 1. The number of carbonyl (C=O) groups excluding carboxylic acids is 1. The predicted octanol–water partition coefficient (Wildman–Crippen LogP) is 1.38. The average Bonchev–Trinajstić information content (AvgIpc) is 2.64. The summed E-state index contributed by atoms with van der Waals surface area (Å²) in [4.78, 5) is 17.5. The second kappa shape index (κ2) is 6.81. The highest BCUT2D eigenvalue weighted by atomic mass is 32.2. The summed E-state index contributed by atoms with van der Waals surface area (Å²) in [6, 6.07) is 0. The molecule has 15 heavy (non-hydrogen) atoms. The van der Waals surface area contributed by atoms with Crippen LogP contribution < -0.4 is 5.32 Å². The monoisotopic (exact) mass is 245 g/mol. The van der Waals surface area contributed by atoms with Gasteiger partial charge in [0.25, 0.3) is 0 Å². The van der Waals surface area contributed by atoms with E-state index in [2.05, 4.69) is 15.2 Å². The maximum atomic E-state index is 11.4. The molecule has 0 unspecified atom stereocenters. The fourth-order valence-electron chi connectivity index (χ4n) is 0.853. The predicted molar refractivity (Wildman–Crippen MR) is 66.6 cm³/mol. The zero-order valence-electron chi connectivity index (χ0n) is 8.90. The standard InChI is InChI=1S/C9H15N3OS2/c1-12(2)4-6-14-7-8(13)11-9-10-3-5-15-9/h3,5H,4,6-7H2,1-2H3,(H,10,11,13). The van der Waals surface area contributed by atoms with E-state index in [0.717, 1.165) is 12.3 Å². The number of thioether (sulfide) groups is 1. The minimum atomic E-state index is 0.0220. The van der Waals surface area contributed by atoms with E-state index in [4.69, 9.17) is 0 Å². The maximum absolute atomic E-state index is 11.4. The third kappa shape index (κ3) is 5.76. The smallest absolute Gasteiger partial charge is 0.236 e. The van der Waals surface area contributed by atoms with Crippen molar-refractivity contribution < 1.29 is 4.79 Å². The molecule has 1 rings (SSSR count). The van der Waals surface area contributed by atoms with Gasteiger partial charge in [0.1, 0.15) is 0 Å². The van der Waals surface area contributed by atoms with E-state index in [1.165, 1.54) is 11.3 Å². The van der Waals surface area contributed by atoms with E-state index in [1.807, 2.05) is 19.5 Å². The number of hydrogen-bond donors (Lipinski definition) is 1. The van der Waals surface area contributed by atoms with E-state index >= 15 is 0 Å². The number of carbonyl (C=O) groups is 1. The van der Waals surface area contributed by atoms with Gasteiger partial charge in [0.15, 0.2) is 5.13 Å². The van der Waals surface area contributed by atoms with Gasteiger partial charge in [0.05, 0.1) is 5.75 Å². The number of nitrogens with zero attached hydrogens (tertiary/aromatic N) is 2. The Morgan fingerprint density at radius 2 is 2.47 bits per heavy atom. The molecule has 1 aromatic heterocycles. The van der Waals surface area contributed by atoms with Crippen molar-refractivity contribution in [2.45, 2.75) is 0 Å². The topological polar surface area (TPSA) is 45.2 Å². The molecule has 1 amide bonds. The Hall–Kier alpha value is -0.590. The fourth-order valence-corrected chi connectivity index (χ4v) is 2.29. The Balaban J connectivity index is 2.09. The molecule has 4 nitrogen and oxygen atoms in total. The summed E-state index contributed by atoms with van der Waals surface area (Å²) in [6.07, 6.45) is 1.68. The van der Waals surface area contributed by atoms with Gasteiger partial charge in [-0.15, -0.1) is 11.3 Å². The molecule has 0 aliphatic rings. The molecule has 0 bridgehead atoms. The molecule has 0 radical (unpaired) electrons. The molecular weight excluding hydrogens is 230 g/mol. The minimum absolute atomic E-state index is 0.0220. The van der Waals surface area contributed by atoms with Crippen LogP contribution in [0.3, 0.4) is 0 Å². The summed E-state index contributed by atoms with van der Waals surface area (Å²) in [6.45, 7) is 0.995. The molecule has 84 valence electrons. The molecule has 0 aliphatic carbocycles. The van der Waals surface area contributed by atoms with Crippen molar-refractivity contribution in [1.29, 1.82) is 0 Å². The Labute approximate surface area is 98.1 Å². The van der Waals surface area contributed by atoms with Gasteiger partial charge >= 0.3 is 0 Å². The lowest BCUT2D eigenvalue weighted by Gasteiger charge is -2.08. The van der Waals surface area contributed by atoms with Crippen LogP contribution >= 0.6 is 23.1 Å². The Kier molecular flexibility index (Phi) is 5.67. The summed E-state index contributed by atoms with van der Waals surface area (Å²) in [7, 11) is 4.05. The molecule has 0 atom stereocenters. The van der Waals surface area contributed by atoms with Gasteiger partial charge in [0.2, 0.25) is 5.91 Å². The lowest BCUT2D eigenvalue weighted by Crippen LogP contribution is -2.18. The van der Waals surface area contributed by atoms with Gasteiger partial charge in [-0.1, -0.05) is 0 Å². The van der Waals surface area contributed by atoms with E-state index in [9.17, 15) is 4.79 Å². The van der Waals surface area contributed by atoms with Crippen LogP contribution in [0.15, 0.2) is 11.6 Å². The number of anilines is 1. The van der Waals surface area contributed by atoms with Gasteiger partial charge in [-0.05, 0) is 14.1 Å². The molecule has 0 saturated heterocycles. The summed E-state index contributed by atoms with van der Waals surface area (Å²) < 4.78 is 0. The third-order valence-electron chi connectivity index (χ3n) is 1.59. The van der Waals surface area contributed by atoms with Crippen molar-refractivity contribution in [2.24, 2.45) is 0 Å². The van der Waals surface area contributed by atoms with Gasteiger partial charge in [-0.25, -0.2) is 4.98 Å². The largest absolute Gasteiger partial charge is 0.309 e. The second-order valence-electron chi connectivity index (χ2n) is 3.24. The van der Waals surface area contributed by atoms with E-state index in [0.29, 0.717) is 10.9 Å². The highest BCUT2D eigenvalue weighted by Gasteiger charge is 2.03. The Morgan fingerprint density at radius 3 is 3.07 bits per heavy atom. The quantitative estimate of drug-likeness (QED) is 0.769. The zero-order chi connectivity index (χ0) is 11.1. The van der Waals surface area contributed by atoms with Crippen LogP contribution in [0.5, 0.6) is 0 Å². The van der Waals surface area contributed by atoms with Crippen molar-refractivity contribution in [3.8, 4) is 0 Å². The van der Waals surface area contributed by atoms with Gasteiger partial charge in [0, 0.05) is 23.9 Å². The second-order valence-corrected chi connectivity index (χ2v) is 5.24. The molecule has 1 N–H and O–H groups in total. The molecule has 6 heteroatoms. The zero-order valence-corrected chi connectivity index (χ0v) is 10.5. The minimum Gasteiger partial charge on any atom is -0.309 e. The van der Waals surface area contributed by atoms with Gasteiger partial charge in [-0.3, -0.25) is 4.79 Å². The molecule has 0 aliphatic heterocycles. The fraction of sp³-hybridized carbons (Fsp3) is 0.556. The first-order valence-electron chi connectivity index (χ1n) is 4.60. The SMILES string of the molecule is CN(C)CCSCC(=O)Nc1nccs1. The third-order valence-corrected chi connectivity index (χ3v) is 3.22. The van der Waals surface area contributed by atoms with Crippen LogP contribution in [0, 0.1) is 0 Å². The van der Waals surface area contributed by atoms with Crippen LogP contribution in [0.25, 0.3) is 0 Å². The normalized spacial score (nSPS) is 10.6. The molecule has 1 heterocycles. The summed E-state index contributed by atoms with van der Waals surface area (Å²) in [5.74, 6) is 1.49. The van der Waals surface area contributed by atoms with E-state index in [-0.39, 0.29) is 5.91 Å². The first-order chi connectivity index (χ1) is 7.18. The maximum Gasteiger partial charge on any atom is 0.236 e. The molecule has 0 fully saturated rings. The lowest BCUT2D eigenvalue weighted by atomic mass is 10.7. The Morgan fingerprint density at radius 1 is 1.67 bits per heavy atom. The summed E-state index contributed by atoms with van der Waals surface area (Å²) >= 11 is 3.07. The molecule has 0 aromatic carbocycles. The number of thiazole rings is 1. The van der Waals surface area contributed by atoms with Gasteiger partial charge in [-0.2, -0.15) is 11.8 Å². The van der Waals surface area contributed by atoms with Crippen LogP contribution in [0.2, 0.25) is 0 Å². The van der Waals surface area contributed by atoms with E-state index < -0.39 is 0 Å². The van der Waals surface area contributed by atoms with Crippen molar-refractivity contribution >= 4 is 34.1 Å². The Bertz CT molecular complexity index is 288. The first-order valence-corrected chi connectivity index (χ1v) is 6.64. The van der Waals surface area contributed by atoms with Crippen LogP contribution in [0.4, 0.5) is 5.13 Å². The molecule has 1 aromatic rings. The molecule has 0 saturated carbocycles. The molecular formula is C9H15N3OS2.